The van der Waals surface area contributed by atoms with Crippen molar-refractivity contribution in [2.24, 2.45) is 7.05 Å². The second kappa shape index (κ2) is 7.84. The van der Waals surface area contributed by atoms with Crippen molar-refractivity contribution in [2.75, 3.05) is 16.9 Å². The minimum atomic E-state index is -0.332. The first-order valence-electron chi connectivity index (χ1n) is 8.81. The van der Waals surface area contributed by atoms with Crippen molar-refractivity contribution < 1.29 is 14.0 Å². The van der Waals surface area contributed by atoms with E-state index in [4.69, 9.17) is 4.42 Å². The number of carbonyl (C=O) groups is 2. The maximum absolute atomic E-state index is 12.6. The van der Waals surface area contributed by atoms with Crippen molar-refractivity contribution in [1.29, 1.82) is 0 Å². The summed E-state index contributed by atoms with van der Waals surface area (Å²) in [5, 5.41) is 6.39. The van der Waals surface area contributed by atoms with E-state index in [-0.39, 0.29) is 17.6 Å². The van der Waals surface area contributed by atoms with Gasteiger partial charge in [-0.15, -0.1) is 11.8 Å². The minimum absolute atomic E-state index is 0.198. The Morgan fingerprint density at radius 2 is 1.90 bits per heavy atom. The number of thioether (sulfide) groups is 1. The number of imidazole rings is 1. The predicted octanol–water partition coefficient (Wildman–Crippen LogP) is 4.39. The molecule has 0 radical (unpaired) electrons. The van der Waals surface area contributed by atoms with Crippen LogP contribution in [0.2, 0.25) is 0 Å². The lowest BCUT2D eigenvalue weighted by molar-refractivity contribution is 0.0996. The van der Waals surface area contributed by atoms with Crippen LogP contribution in [0, 0.1) is 0 Å². The average molecular weight is 406 g/mol. The molecule has 4 rings (SSSR count). The van der Waals surface area contributed by atoms with Crippen molar-refractivity contribution in [3.8, 4) is 0 Å². The summed E-state index contributed by atoms with van der Waals surface area (Å²) in [5.74, 6) is -0.439. The second-order valence-electron chi connectivity index (χ2n) is 6.40. The number of aryl methyl sites for hydroxylation is 1. The van der Waals surface area contributed by atoms with Crippen molar-refractivity contribution >= 4 is 45.9 Å². The Bertz CT molecular complexity index is 1210. The zero-order chi connectivity index (χ0) is 20.4. The molecule has 8 heteroatoms. The van der Waals surface area contributed by atoms with Crippen LogP contribution >= 0.6 is 11.8 Å². The number of furan rings is 1. The standard InChI is InChI=1S/C21H18N4O3S/c1-25-11-16(22-12-25)20(26)23-14-7-8-17-13(9-14)10-18(28-17)21(27)24-15-5-3-4-6-19(15)29-2/h3-12H,1-2H3,(H,23,26)(H,24,27). The van der Waals surface area contributed by atoms with E-state index in [1.807, 2.05) is 30.5 Å². The highest BCUT2D eigenvalue weighted by molar-refractivity contribution is 7.98. The molecule has 0 saturated carbocycles. The fraction of sp³-hybridized carbons (Fsp3) is 0.0952. The SMILES string of the molecule is CSc1ccccc1NC(=O)c1cc2cc(NC(=O)c3cn(C)cn3)ccc2o1. The van der Waals surface area contributed by atoms with Gasteiger partial charge in [0.15, 0.2) is 5.76 Å². The van der Waals surface area contributed by atoms with Gasteiger partial charge in [-0.2, -0.15) is 0 Å². The quantitative estimate of drug-likeness (QED) is 0.480. The molecule has 0 spiro atoms. The van der Waals surface area contributed by atoms with E-state index in [1.54, 1.807) is 60.2 Å². The van der Waals surface area contributed by atoms with Crippen molar-refractivity contribution in [2.45, 2.75) is 4.90 Å². The number of anilines is 2. The molecule has 0 bridgehead atoms. The van der Waals surface area contributed by atoms with E-state index in [9.17, 15) is 9.59 Å². The molecule has 4 aromatic rings. The zero-order valence-corrected chi connectivity index (χ0v) is 16.6. The molecule has 0 aliphatic heterocycles. The number of fused-ring (bicyclic) bond motifs is 1. The number of benzene rings is 2. The van der Waals surface area contributed by atoms with E-state index in [2.05, 4.69) is 15.6 Å². The first-order chi connectivity index (χ1) is 14.0. The summed E-state index contributed by atoms with van der Waals surface area (Å²) in [4.78, 5) is 29.9. The van der Waals surface area contributed by atoms with E-state index in [1.165, 1.54) is 0 Å². The lowest BCUT2D eigenvalue weighted by atomic mass is 10.2. The van der Waals surface area contributed by atoms with Gasteiger partial charge < -0.3 is 19.6 Å². The highest BCUT2D eigenvalue weighted by Crippen LogP contribution is 2.27. The zero-order valence-electron chi connectivity index (χ0n) is 15.8. The molecule has 146 valence electrons. The second-order valence-corrected chi connectivity index (χ2v) is 7.24. The fourth-order valence-corrected chi connectivity index (χ4v) is 3.44. The molecule has 2 amide bonds. The van der Waals surface area contributed by atoms with Gasteiger partial charge in [-0.1, -0.05) is 12.1 Å². The van der Waals surface area contributed by atoms with Gasteiger partial charge in [0.25, 0.3) is 11.8 Å². The van der Waals surface area contributed by atoms with Crippen LogP contribution in [0.4, 0.5) is 11.4 Å². The van der Waals surface area contributed by atoms with Gasteiger partial charge in [0.2, 0.25) is 0 Å². The molecule has 7 nitrogen and oxygen atoms in total. The maximum atomic E-state index is 12.6. The largest absolute Gasteiger partial charge is 0.451 e. The Hall–Kier alpha value is -3.52. The van der Waals surface area contributed by atoms with Gasteiger partial charge >= 0.3 is 0 Å². The van der Waals surface area contributed by atoms with Gasteiger partial charge in [-0.05, 0) is 42.7 Å². The molecule has 0 atom stereocenters. The summed E-state index contributed by atoms with van der Waals surface area (Å²) in [6.07, 6.45) is 5.15. The van der Waals surface area contributed by atoms with Crippen LogP contribution in [0.3, 0.4) is 0 Å². The number of amides is 2. The molecule has 0 aliphatic rings. The Kier molecular flexibility index (Phi) is 5.09. The number of aromatic nitrogens is 2. The molecule has 2 aromatic carbocycles. The molecule has 2 N–H and O–H groups in total. The number of rotatable bonds is 5. The van der Waals surface area contributed by atoms with Crippen LogP contribution in [0.1, 0.15) is 21.0 Å². The van der Waals surface area contributed by atoms with Crippen LogP contribution < -0.4 is 10.6 Å². The van der Waals surface area contributed by atoms with E-state index < -0.39 is 0 Å². The first-order valence-corrected chi connectivity index (χ1v) is 10.0. The van der Waals surface area contributed by atoms with Gasteiger partial charge in [0.1, 0.15) is 11.3 Å². The van der Waals surface area contributed by atoms with E-state index in [0.29, 0.717) is 22.4 Å². The number of hydrogen-bond donors (Lipinski definition) is 2. The van der Waals surface area contributed by atoms with Crippen LogP contribution in [-0.2, 0) is 7.05 Å². The van der Waals surface area contributed by atoms with Gasteiger partial charge in [0.05, 0.1) is 12.0 Å². The molecule has 2 aromatic heterocycles. The molecule has 0 aliphatic carbocycles. The highest BCUT2D eigenvalue weighted by atomic mass is 32.2. The summed E-state index contributed by atoms with van der Waals surface area (Å²) in [5.41, 5.74) is 2.21. The topological polar surface area (TPSA) is 89.2 Å². The third-order valence-electron chi connectivity index (χ3n) is 4.29. The van der Waals surface area contributed by atoms with E-state index >= 15 is 0 Å². The molecular weight excluding hydrogens is 388 g/mol. The fourth-order valence-electron chi connectivity index (χ4n) is 2.89. The van der Waals surface area contributed by atoms with Gasteiger partial charge in [-0.3, -0.25) is 9.59 Å². The van der Waals surface area contributed by atoms with Gasteiger partial charge in [-0.25, -0.2) is 4.98 Å². The predicted molar refractivity (Wildman–Crippen MR) is 114 cm³/mol. The van der Waals surface area contributed by atoms with Crippen LogP contribution in [0.25, 0.3) is 11.0 Å². The molecule has 0 unspecified atom stereocenters. The number of nitrogens with one attached hydrogen (secondary N) is 2. The lowest BCUT2D eigenvalue weighted by Crippen LogP contribution is -2.12. The summed E-state index contributed by atoms with van der Waals surface area (Å²) in [7, 11) is 1.80. The molecule has 29 heavy (non-hydrogen) atoms. The van der Waals surface area contributed by atoms with Crippen LogP contribution in [0.15, 0.2) is 70.4 Å². The van der Waals surface area contributed by atoms with Crippen molar-refractivity contribution in [1.82, 2.24) is 9.55 Å². The summed E-state index contributed by atoms with van der Waals surface area (Å²) in [6.45, 7) is 0. The monoisotopic (exact) mass is 406 g/mol. The highest BCUT2D eigenvalue weighted by Gasteiger charge is 2.15. The number of carbonyl (C=O) groups excluding carboxylic acids is 2. The number of para-hydroxylation sites is 1. The molecule has 0 saturated heterocycles. The molecule has 2 heterocycles. The summed E-state index contributed by atoms with van der Waals surface area (Å²) >= 11 is 1.55. The maximum Gasteiger partial charge on any atom is 0.291 e. The lowest BCUT2D eigenvalue weighted by Gasteiger charge is -2.07. The Balaban J connectivity index is 1.53. The van der Waals surface area contributed by atoms with E-state index in [0.717, 1.165) is 10.6 Å². The smallest absolute Gasteiger partial charge is 0.291 e. The van der Waals surface area contributed by atoms with Crippen LogP contribution in [-0.4, -0.2) is 27.6 Å². The van der Waals surface area contributed by atoms with Crippen molar-refractivity contribution in [3.05, 3.63) is 72.5 Å². The molecular formula is C21H18N4O3S. The Morgan fingerprint density at radius 3 is 2.66 bits per heavy atom. The third kappa shape index (κ3) is 4.02. The average Bonchev–Trinajstić information content (AvgIpc) is 3.34. The third-order valence-corrected chi connectivity index (χ3v) is 5.09. The Morgan fingerprint density at radius 1 is 1.07 bits per heavy atom. The summed E-state index contributed by atoms with van der Waals surface area (Å²) in [6, 6.07) is 14.4. The first kappa shape index (κ1) is 18.8. The summed E-state index contributed by atoms with van der Waals surface area (Å²) < 4.78 is 7.38. The van der Waals surface area contributed by atoms with Crippen LogP contribution in [0.5, 0.6) is 0 Å². The Labute approximate surface area is 171 Å². The molecule has 0 fully saturated rings. The number of hydrogen-bond acceptors (Lipinski definition) is 5. The van der Waals surface area contributed by atoms with Crippen molar-refractivity contribution in [3.63, 3.8) is 0 Å². The number of nitrogens with zero attached hydrogens (tertiary/aromatic N) is 2. The minimum Gasteiger partial charge on any atom is -0.451 e. The van der Waals surface area contributed by atoms with Gasteiger partial charge in [0, 0.05) is 29.2 Å². The normalized spacial score (nSPS) is 10.8.